The average Bonchev–Trinajstić information content (AvgIpc) is 3.45. The van der Waals surface area contributed by atoms with Gasteiger partial charge < -0.3 is 10.4 Å². The Morgan fingerprint density at radius 1 is 1.05 bits per heavy atom. The van der Waals surface area contributed by atoms with Crippen LogP contribution in [0.5, 0.6) is 0 Å². The molecule has 0 saturated carbocycles. The number of ketones is 1. The summed E-state index contributed by atoms with van der Waals surface area (Å²) in [7, 11) is -3.90. The van der Waals surface area contributed by atoms with Crippen molar-refractivity contribution in [2.75, 3.05) is 6.54 Å². The molecule has 10 nitrogen and oxygen atoms in total. The largest absolute Gasteiger partial charge is 0.480 e. The molecule has 3 rings (SSSR count). The van der Waals surface area contributed by atoms with Crippen molar-refractivity contribution in [2.45, 2.75) is 81.7 Å². The molecule has 2 aromatic carbocycles. The summed E-state index contributed by atoms with van der Waals surface area (Å²) in [6.45, 7) is 2.00. The summed E-state index contributed by atoms with van der Waals surface area (Å²) in [6, 6.07) is 12.7. The van der Waals surface area contributed by atoms with E-state index in [0.29, 0.717) is 24.8 Å². The summed E-state index contributed by atoms with van der Waals surface area (Å²) in [4.78, 5) is 41.2. The predicted molar refractivity (Wildman–Crippen MR) is 154 cm³/mol. The molecule has 0 aliphatic carbocycles. The Balaban J connectivity index is 1.52. The van der Waals surface area contributed by atoms with Gasteiger partial charge in [0.2, 0.25) is 22.1 Å². The normalized spacial score (nSPS) is 16.6. The van der Waals surface area contributed by atoms with Crippen LogP contribution in [-0.4, -0.2) is 59.8 Å². The maximum Gasteiger partial charge on any atom is 0.326 e. The van der Waals surface area contributed by atoms with Crippen LogP contribution in [0.4, 0.5) is 0 Å². The van der Waals surface area contributed by atoms with Gasteiger partial charge in [-0.25, -0.2) is 13.2 Å². The molecule has 0 radical (unpaired) electrons. The van der Waals surface area contributed by atoms with E-state index >= 15 is 0 Å². The van der Waals surface area contributed by atoms with Crippen molar-refractivity contribution >= 4 is 33.4 Å². The molecule has 1 fully saturated rings. The van der Waals surface area contributed by atoms with Gasteiger partial charge in [-0.05, 0) is 62.3 Å². The summed E-state index contributed by atoms with van der Waals surface area (Å²) in [5, 5.41) is 20.8. The molecular formula is C30H36N4O6S. The molecule has 0 bridgehead atoms. The SMILES string of the molecule is CC(CCCCCC(=O)Cc1ccc(CC(NC(=O)C2CCCN2S(=O)(=O)c2ccccc2)C(=O)O)cc1)=NC#N. The second-order valence-corrected chi connectivity index (χ2v) is 12.1. The molecule has 2 unspecified atom stereocenters. The maximum absolute atomic E-state index is 13.1. The Kier molecular flexibility index (Phi) is 11.7. The molecule has 1 heterocycles. The molecule has 2 atom stereocenters. The summed E-state index contributed by atoms with van der Waals surface area (Å²) in [6.07, 6.45) is 6.59. The fourth-order valence-corrected chi connectivity index (χ4v) is 6.53. The lowest BCUT2D eigenvalue weighted by Gasteiger charge is -2.25. The van der Waals surface area contributed by atoms with Crippen LogP contribution in [0.1, 0.15) is 63.0 Å². The van der Waals surface area contributed by atoms with E-state index in [4.69, 9.17) is 5.26 Å². The quantitative estimate of drug-likeness (QED) is 0.185. The van der Waals surface area contributed by atoms with Crippen molar-refractivity contribution in [3.63, 3.8) is 0 Å². The first-order chi connectivity index (χ1) is 19.6. The number of nitrogens with one attached hydrogen (secondary N) is 1. The lowest BCUT2D eigenvalue weighted by Crippen LogP contribution is -2.51. The predicted octanol–water partition coefficient (Wildman–Crippen LogP) is 3.66. The first-order valence-corrected chi connectivity index (χ1v) is 15.2. The molecule has 2 N–H and O–H groups in total. The molecule has 1 aliphatic rings. The molecule has 41 heavy (non-hydrogen) atoms. The van der Waals surface area contributed by atoms with E-state index in [1.165, 1.54) is 12.1 Å². The number of amides is 1. The number of benzene rings is 2. The molecule has 0 spiro atoms. The number of carboxylic acid groups (broad SMARTS) is 1. The highest BCUT2D eigenvalue weighted by Gasteiger charge is 2.40. The Bertz CT molecular complexity index is 1380. The number of hydrogen-bond donors (Lipinski definition) is 2. The number of nitriles is 1. The van der Waals surface area contributed by atoms with E-state index in [0.717, 1.165) is 41.3 Å². The Labute approximate surface area is 241 Å². The third-order valence-corrected chi connectivity index (χ3v) is 8.99. The van der Waals surface area contributed by atoms with Crippen molar-refractivity contribution in [3.8, 4) is 6.19 Å². The van der Waals surface area contributed by atoms with Crippen molar-refractivity contribution in [1.29, 1.82) is 5.26 Å². The van der Waals surface area contributed by atoms with Crippen LogP contribution >= 0.6 is 0 Å². The number of carboxylic acids is 1. The number of sulfonamides is 1. The smallest absolute Gasteiger partial charge is 0.326 e. The number of aliphatic imine (C=N–C) groups is 1. The monoisotopic (exact) mass is 580 g/mol. The van der Waals surface area contributed by atoms with E-state index in [-0.39, 0.29) is 30.1 Å². The van der Waals surface area contributed by atoms with Crippen molar-refractivity contribution in [2.24, 2.45) is 4.99 Å². The van der Waals surface area contributed by atoms with Gasteiger partial charge in [0.1, 0.15) is 17.9 Å². The number of hydrogen-bond acceptors (Lipinski definition) is 7. The molecule has 1 aliphatic heterocycles. The highest BCUT2D eigenvalue weighted by atomic mass is 32.2. The molecule has 11 heteroatoms. The van der Waals surface area contributed by atoms with Gasteiger partial charge in [0.05, 0.1) is 4.90 Å². The first kappa shape index (κ1) is 31.6. The standard InChI is InChI=1S/C30H36N4O6S/c1-22(32-21-31)9-4-2-5-10-25(35)19-23-14-16-24(17-15-23)20-27(30(37)38)33-29(36)28-13-8-18-34(28)41(39,40)26-11-6-3-7-12-26/h3,6-7,11-12,14-17,27-28H,2,4-5,8-10,13,18-20H2,1H3,(H,33,36)(H,37,38). The highest BCUT2D eigenvalue weighted by Crippen LogP contribution is 2.26. The van der Waals surface area contributed by atoms with Gasteiger partial charge in [0.15, 0.2) is 0 Å². The van der Waals surface area contributed by atoms with Gasteiger partial charge in [0, 0.05) is 31.5 Å². The zero-order valence-corrected chi connectivity index (χ0v) is 24.0. The molecule has 218 valence electrons. The highest BCUT2D eigenvalue weighted by molar-refractivity contribution is 7.89. The van der Waals surface area contributed by atoms with E-state index in [1.807, 2.05) is 6.92 Å². The molecule has 2 aromatic rings. The second kappa shape index (κ2) is 15.2. The summed E-state index contributed by atoms with van der Waals surface area (Å²) in [5.41, 5.74) is 2.28. The summed E-state index contributed by atoms with van der Waals surface area (Å²) >= 11 is 0. The third-order valence-electron chi connectivity index (χ3n) is 7.07. The number of rotatable bonds is 15. The Morgan fingerprint density at radius 2 is 1.71 bits per heavy atom. The number of carbonyl (C=O) groups is 3. The van der Waals surface area contributed by atoms with Gasteiger partial charge in [-0.3, -0.25) is 9.59 Å². The van der Waals surface area contributed by atoms with E-state index in [9.17, 15) is 27.9 Å². The van der Waals surface area contributed by atoms with Crippen LogP contribution in [0.25, 0.3) is 0 Å². The first-order valence-electron chi connectivity index (χ1n) is 13.7. The minimum Gasteiger partial charge on any atom is -0.480 e. The van der Waals surface area contributed by atoms with Gasteiger partial charge in [-0.1, -0.05) is 48.9 Å². The molecule has 0 aromatic heterocycles. The minimum absolute atomic E-state index is 0.0158. The zero-order chi connectivity index (χ0) is 29.8. The zero-order valence-electron chi connectivity index (χ0n) is 23.2. The number of unbranched alkanes of at least 4 members (excludes halogenated alkanes) is 2. The van der Waals surface area contributed by atoms with Crippen LogP contribution in [0.15, 0.2) is 64.5 Å². The van der Waals surface area contributed by atoms with Gasteiger partial charge in [-0.15, -0.1) is 0 Å². The number of aliphatic carboxylic acids is 1. The molecule has 1 saturated heterocycles. The van der Waals surface area contributed by atoms with Gasteiger partial charge >= 0.3 is 5.97 Å². The van der Waals surface area contributed by atoms with Gasteiger partial charge in [0.25, 0.3) is 0 Å². The van der Waals surface area contributed by atoms with Crippen LogP contribution in [0.2, 0.25) is 0 Å². The van der Waals surface area contributed by atoms with E-state index in [2.05, 4.69) is 10.3 Å². The van der Waals surface area contributed by atoms with Gasteiger partial charge in [-0.2, -0.15) is 14.6 Å². The van der Waals surface area contributed by atoms with E-state index in [1.54, 1.807) is 48.7 Å². The molecule has 1 amide bonds. The van der Waals surface area contributed by atoms with Crippen molar-refractivity contribution < 1.29 is 27.9 Å². The number of Topliss-reactive ketones (excluding diaryl/α,β-unsaturated/α-hetero) is 1. The fourth-order valence-electron chi connectivity index (χ4n) is 4.85. The topological polar surface area (TPSA) is 157 Å². The Hall–Kier alpha value is -3.88. The molecular weight excluding hydrogens is 544 g/mol. The van der Waals surface area contributed by atoms with Crippen molar-refractivity contribution in [1.82, 2.24) is 9.62 Å². The fraction of sp³-hybridized carbons (Fsp3) is 0.433. The Morgan fingerprint density at radius 3 is 2.37 bits per heavy atom. The average molecular weight is 581 g/mol. The second-order valence-electron chi connectivity index (χ2n) is 10.2. The van der Waals surface area contributed by atoms with Crippen LogP contribution in [0, 0.1) is 11.5 Å². The van der Waals surface area contributed by atoms with Crippen molar-refractivity contribution in [3.05, 3.63) is 65.7 Å². The summed E-state index contributed by atoms with van der Waals surface area (Å²) < 4.78 is 27.3. The summed E-state index contributed by atoms with van der Waals surface area (Å²) in [5.74, 6) is -1.74. The number of carbonyl (C=O) groups excluding carboxylic acids is 2. The lowest BCUT2D eigenvalue weighted by atomic mass is 10.00. The van der Waals surface area contributed by atoms with Crippen LogP contribution in [0.3, 0.4) is 0 Å². The lowest BCUT2D eigenvalue weighted by molar-refractivity contribution is -0.142. The van der Waals surface area contributed by atoms with Crippen LogP contribution in [-0.2, 0) is 37.2 Å². The minimum atomic E-state index is -3.90. The van der Waals surface area contributed by atoms with Crippen LogP contribution < -0.4 is 5.32 Å². The van der Waals surface area contributed by atoms with E-state index < -0.39 is 34.0 Å². The number of nitrogens with zero attached hydrogens (tertiary/aromatic N) is 3. The third kappa shape index (κ3) is 9.33. The maximum atomic E-state index is 13.1.